The van der Waals surface area contributed by atoms with Crippen molar-refractivity contribution in [3.63, 3.8) is 0 Å². The van der Waals surface area contributed by atoms with Crippen molar-refractivity contribution in [1.82, 2.24) is 4.98 Å². The number of halogens is 1. The van der Waals surface area contributed by atoms with E-state index < -0.39 is 15.4 Å². The molecule has 1 fully saturated rings. The van der Waals surface area contributed by atoms with Gasteiger partial charge in [-0.2, -0.15) is 0 Å². The van der Waals surface area contributed by atoms with Crippen molar-refractivity contribution in [3.05, 3.63) is 16.2 Å². The molecule has 5 nitrogen and oxygen atoms in total. The van der Waals surface area contributed by atoms with Crippen molar-refractivity contribution in [2.45, 2.75) is 25.8 Å². The fourth-order valence-corrected chi connectivity index (χ4v) is 4.60. The Balaban J connectivity index is 2.28. The number of anilines is 2. The molecule has 1 aromatic heterocycles. The van der Waals surface area contributed by atoms with Crippen molar-refractivity contribution in [3.8, 4) is 0 Å². The highest BCUT2D eigenvalue weighted by molar-refractivity contribution is 9.10. The maximum atomic E-state index is 11.6. The topological polar surface area (TPSA) is 85.1 Å². The summed E-state index contributed by atoms with van der Waals surface area (Å²) in [5, 5.41) is 3.22. The average molecular weight is 334 g/mol. The fourth-order valence-electron chi connectivity index (χ4n) is 2.07. The highest BCUT2D eigenvalue weighted by Gasteiger charge is 2.38. The Kier molecular flexibility index (Phi) is 3.31. The summed E-state index contributed by atoms with van der Waals surface area (Å²) in [5.74, 6) is 1.00. The molecule has 0 amide bonds. The molecule has 1 atom stereocenters. The number of pyridine rings is 1. The van der Waals surface area contributed by atoms with E-state index in [1.807, 2.05) is 13.8 Å². The normalized spacial score (nSPS) is 26.2. The molecule has 1 unspecified atom stereocenters. The van der Waals surface area contributed by atoms with E-state index in [-0.39, 0.29) is 11.5 Å². The molecule has 1 saturated heterocycles. The van der Waals surface area contributed by atoms with E-state index in [2.05, 4.69) is 26.2 Å². The summed E-state index contributed by atoms with van der Waals surface area (Å²) in [6.07, 6.45) is 2.17. The largest absolute Gasteiger partial charge is 0.397 e. The lowest BCUT2D eigenvalue weighted by Crippen LogP contribution is -2.36. The molecule has 0 bridgehead atoms. The van der Waals surface area contributed by atoms with E-state index in [4.69, 9.17) is 5.73 Å². The van der Waals surface area contributed by atoms with Gasteiger partial charge in [-0.15, -0.1) is 0 Å². The van der Waals surface area contributed by atoms with Gasteiger partial charge in [0.25, 0.3) is 0 Å². The summed E-state index contributed by atoms with van der Waals surface area (Å²) < 4.78 is 23.9. The molecule has 0 radical (unpaired) electrons. The van der Waals surface area contributed by atoms with Crippen LogP contribution in [0.5, 0.6) is 0 Å². The molecule has 0 spiro atoms. The van der Waals surface area contributed by atoms with Crippen LogP contribution in [0.4, 0.5) is 11.5 Å². The molecule has 18 heavy (non-hydrogen) atoms. The third-order valence-electron chi connectivity index (χ3n) is 3.23. The maximum absolute atomic E-state index is 11.6. The van der Waals surface area contributed by atoms with E-state index in [1.165, 1.54) is 0 Å². The molecule has 0 aliphatic carbocycles. The summed E-state index contributed by atoms with van der Waals surface area (Å²) >= 11 is 3.44. The minimum atomic E-state index is -2.94. The van der Waals surface area contributed by atoms with E-state index in [0.29, 0.717) is 17.9 Å². The Morgan fingerprint density at radius 3 is 2.78 bits per heavy atom. The lowest BCUT2D eigenvalue weighted by Gasteiger charge is -2.25. The van der Waals surface area contributed by atoms with E-state index >= 15 is 0 Å². The second kappa shape index (κ2) is 4.38. The summed E-state index contributed by atoms with van der Waals surface area (Å²) in [6, 6.07) is 0. The number of nitrogens with one attached hydrogen (secondary N) is 1. The second-order valence-electron chi connectivity index (χ2n) is 5.03. The highest BCUT2D eigenvalue weighted by atomic mass is 79.9. The Morgan fingerprint density at radius 1 is 1.56 bits per heavy atom. The number of hydrogen-bond acceptors (Lipinski definition) is 5. The van der Waals surface area contributed by atoms with Gasteiger partial charge in [-0.3, -0.25) is 0 Å². The van der Waals surface area contributed by atoms with Crippen molar-refractivity contribution in [2.75, 3.05) is 22.6 Å². The molecule has 3 N–H and O–H groups in total. The molecule has 2 heterocycles. The fraction of sp³-hybridized carbons (Fsp3) is 0.545. The third-order valence-corrected chi connectivity index (χ3v) is 6.10. The van der Waals surface area contributed by atoms with Crippen LogP contribution in [0.15, 0.2) is 10.7 Å². The smallest absolute Gasteiger partial charge is 0.152 e. The average Bonchev–Trinajstić information content (AvgIpc) is 2.54. The van der Waals surface area contributed by atoms with Crippen LogP contribution in [0, 0.1) is 6.92 Å². The van der Waals surface area contributed by atoms with Crippen molar-refractivity contribution < 1.29 is 8.42 Å². The Hall–Kier alpha value is -0.820. The first-order chi connectivity index (χ1) is 8.22. The molecule has 0 aromatic carbocycles. The van der Waals surface area contributed by atoms with Crippen molar-refractivity contribution in [1.29, 1.82) is 0 Å². The molecule has 1 aliphatic rings. The Labute approximate surface area is 115 Å². The number of hydrogen-bond donors (Lipinski definition) is 2. The van der Waals surface area contributed by atoms with Gasteiger partial charge in [-0.1, -0.05) is 0 Å². The van der Waals surface area contributed by atoms with Crippen LogP contribution in [0.2, 0.25) is 0 Å². The molecular formula is C11H16BrN3O2S. The summed E-state index contributed by atoms with van der Waals surface area (Å²) in [5.41, 5.74) is 6.80. The van der Waals surface area contributed by atoms with Gasteiger partial charge >= 0.3 is 0 Å². The van der Waals surface area contributed by atoms with E-state index in [9.17, 15) is 8.42 Å². The van der Waals surface area contributed by atoms with E-state index in [0.717, 1.165) is 10.0 Å². The predicted octanol–water partition coefficient (Wildman–Crippen LogP) is 1.72. The minimum Gasteiger partial charge on any atom is -0.397 e. The number of nitrogens with two attached hydrogens (primary N) is 1. The molecule has 7 heteroatoms. The zero-order chi connectivity index (χ0) is 13.6. The molecule has 1 aliphatic heterocycles. The summed E-state index contributed by atoms with van der Waals surface area (Å²) in [4.78, 5) is 4.22. The van der Waals surface area contributed by atoms with Crippen molar-refractivity contribution in [2.24, 2.45) is 0 Å². The zero-order valence-corrected chi connectivity index (χ0v) is 12.7. The van der Waals surface area contributed by atoms with Gasteiger partial charge in [-0.05, 0) is 41.8 Å². The number of nitrogen functional groups attached to an aromatic ring is 1. The van der Waals surface area contributed by atoms with Gasteiger partial charge in [0.1, 0.15) is 5.82 Å². The van der Waals surface area contributed by atoms with Gasteiger partial charge in [0, 0.05) is 0 Å². The Bertz CT molecular complexity index is 588. The molecular weight excluding hydrogens is 318 g/mol. The standard InChI is InChI=1S/C11H16BrN3O2S/c1-7-8(13)5-14-10(9(7)12)15-11(2)3-4-18(16,17)6-11/h5H,3-4,6,13H2,1-2H3,(H,14,15). The zero-order valence-electron chi connectivity index (χ0n) is 10.3. The predicted molar refractivity (Wildman–Crippen MR) is 76.4 cm³/mol. The van der Waals surface area contributed by atoms with Gasteiger partial charge in [0.2, 0.25) is 0 Å². The lowest BCUT2D eigenvalue weighted by atomic mass is 10.0. The number of rotatable bonds is 2. The van der Waals surface area contributed by atoms with Crippen LogP contribution in [0.3, 0.4) is 0 Å². The second-order valence-corrected chi connectivity index (χ2v) is 8.01. The first kappa shape index (κ1) is 13.6. The number of nitrogens with zero attached hydrogens (tertiary/aromatic N) is 1. The van der Waals surface area contributed by atoms with Gasteiger partial charge in [0.05, 0.1) is 33.4 Å². The maximum Gasteiger partial charge on any atom is 0.152 e. The first-order valence-electron chi connectivity index (χ1n) is 5.62. The van der Waals surface area contributed by atoms with E-state index in [1.54, 1.807) is 6.20 Å². The SMILES string of the molecule is Cc1c(N)cnc(NC2(C)CCS(=O)(=O)C2)c1Br. The lowest BCUT2D eigenvalue weighted by molar-refractivity contribution is 0.571. The van der Waals surface area contributed by atoms with Crippen molar-refractivity contribution >= 4 is 37.3 Å². The van der Waals surface area contributed by atoms with Crippen LogP contribution in [-0.2, 0) is 9.84 Å². The molecule has 2 rings (SSSR count). The van der Waals surface area contributed by atoms with Crippen LogP contribution < -0.4 is 11.1 Å². The summed E-state index contributed by atoms with van der Waals surface area (Å²) in [6.45, 7) is 3.79. The van der Waals surface area contributed by atoms with Gasteiger partial charge in [-0.25, -0.2) is 13.4 Å². The Morgan fingerprint density at radius 2 is 2.22 bits per heavy atom. The third kappa shape index (κ3) is 2.61. The van der Waals surface area contributed by atoms with Gasteiger partial charge < -0.3 is 11.1 Å². The van der Waals surface area contributed by atoms with Crippen LogP contribution >= 0.6 is 15.9 Å². The molecule has 0 saturated carbocycles. The van der Waals surface area contributed by atoms with Crippen LogP contribution in [-0.4, -0.2) is 30.4 Å². The number of sulfone groups is 1. The van der Waals surface area contributed by atoms with Gasteiger partial charge in [0.15, 0.2) is 9.84 Å². The highest BCUT2D eigenvalue weighted by Crippen LogP contribution is 2.33. The summed E-state index contributed by atoms with van der Waals surface area (Å²) in [7, 11) is -2.94. The number of aromatic nitrogens is 1. The quantitative estimate of drug-likeness (QED) is 0.860. The first-order valence-corrected chi connectivity index (χ1v) is 8.23. The molecule has 1 aromatic rings. The monoisotopic (exact) mass is 333 g/mol. The van der Waals surface area contributed by atoms with Crippen LogP contribution in [0.1, 0.15) is 18.9 Å². The molecule has 100 valence electrons. The minimum absolute atomic E-state index is 0.136. The van der Waals surface area contributed by atoms with Crippen LogP contribution in [0.25, 0.3) is 0 Å².